The Morgan fingerprint density at radius 3 is 2.80 bits per heavy atom. The minimum Gasteiger partial charge on any atom is -0.398 e. The highest BCUT2D eigenvalue weighted by molar-refractivity contribution is 6.12. The summed E-state index contributed by atoms with van der Waals surface area (Å²) in [5, 5.41) is 0. The van der Waals surface area contributed by atoms with Crippen LogP contribution in [-0.2, 0) is 4.79 Å². The number of rotatable bonds is 3. The molecule has 0 saturated carbocycles. The van der Waals surface area contributed by atoms with Gasteiger partial charge in [0.15, 0.2) is 0 Å². The van der Waals surface area contributed by atoms with Crippen molar-refractivity contribution < 1.29 is 9.59 Å². The summed E-state index contributed by atoms with van der Waals surface area (Å²) in [4.78, 5) is 26.5. The van der Waals surface area contributed by atoms with Gasteiger partial charge in [-0.15, -0.1) is 0 Å². The molecule has 1 unspecified atom stereocenters. The zero-order valence-electron chi connectivity index (χ0n) is 11.6. The predicted molar refractivity (Wildman–Crippen MR) is 76.9 cm³/mol. The molecule has 1 aromatic carbocycles. The summed E-state index contributed by atoms with van der Waals surface area (Å²) in [6, 6.07) is 5.53. The van der Waals surface area contributed by atoms with Crippen molar-refractivity contribution in [1.29, 1.82) is 0 Å². The van der Waals surface area contributed by atoms with Crippen LogP contribution in [0.3, 0.4) is 0 Å². The Bertz CT molecular complexity index is 619. The highest BCUT2D eigenvalue weighted by Gasteiger charge is 2.40. The van der Waals surface area contributed by atoms with Gasteiger partial charge in [0.05, 0.1) is 5.92 Å². The number of nitrogens with zero attached hydrogens (tertiary/aromatic N) is 1. The average molecular weight is 270 g/mol. The number of nitrogens with two attached hydrogens (primary N) is 1. The van der Waals surface area contributed by atoms with Crippen LogP contribution in [0.15, 0.2) is 24.3 Å². The van der Waals surface area contributed by atoms with Gasteiger partial charge in [0, 0.05) is 23.4 Å². The molecule has 20 heavy (non-hydrogen) atoms. The second-order valence-electron chi connectivity index (χ2n) is 5.36. The molecule has 0 saturated heterocycles. The van der Waals surface area contributed by atoms with Gasteiger partial charge in [0.2, 0.25) is 5.91 Å². The number of amides is 2. The van der Waals surface area contributed by atoms with E-state index in [9.17, 15) is 9.59 Å². The molecular formula is C16H18N2O2. The second kappa shape index (κ2) is 4.78. The van der Waals surface area contributed by atoms with E-state index in [-0.39, 0.29) is 17.7 Å². The molecule has 1 aliphatic heterocycles. The first-order valence-electron chi connectivity index (χ1n) is 7.09. The molecule has 2 aliphatic rings. The minimum absolute atomic E-state index is 0.0767. The lowest BCUT2D eigenvalue weighted by atomic mass is 9.79. The van der Waals surface area contributed by atoms with Crippen LogP contribution >= 0.6 is 0 Å². The van der Waals surface area contributed by atoms with Crippen molar-refractivity contribution in [2.75, 3.05) is 6.54 Å². The molecule has 0 fully saturated rings. The van der Waals surface area contributed by atoms with E-state index >= 15 is 0 Å². The normalized spacial score (nSPS) is 20.8. The van der Waals surface area contributed by atoms with Crippen molar-refractivity contribution in [2.45, 2.75) is 32.1 Å². The van der Waals surface area contributed by atoms with Crippen LogP contribution in [0, 0.1) is 0 Å². The van der Waals surface area contributed by atoms with E-state index in [0.29, 0.717) is 24.2 Å². The number of unbranched alkanes of at least 4 members (excludes halogenated alkanes) is 1. The Labute approximate surface area is 118 Å². The maximum absolute atomic E-state index is 12.6. The van der Waals surface area contributed by atoms with Gasteiger partial charge in [0.25, 0.3) is 5.91 Å². The van der Waals surface area contributed by atoms with E-state index < -0.39 is 0 Å². The first-order chi connectivity index (χ1) is 9.65. The summed E-state index contributed by atoms with van der Waals surface area (Å²) in [5.41, 5.74) is 8.96. The average Bonchev–Trinajstić information content (AvgIpc) is 2.46. The SMILES string of the molecule is CCCCN1C(=O)c2cccc3c2C(CC=C3N)C1=O. The van der Waals surface area contributed by atoms with Gasteiger partial charge in [-0.25, -0.2) is 0 Å². The number of hydrogen-bond acceptors (Lipinski definition) is 3. The summed E-state index contributed by atoms with van der Waals surface area (Å²) >= 11 is 0. The van der Waals surface area contributed by atoms with Crippen molar-refractivity contribution in [3.8, 4) is 0 Å². The first kappa shape index (κ1) is 12.9. The molecule has 104 valence electrons. The zero-order valence-corrected chi connectivity index (χ0v) is 11.6. The van der Waals surface area contributed by atoms with Gasteiger partial charge in [0.1, 0.15) is 0 Å². The fourth-order valence-corrected chi connectivity index (χ4v) is 3.04. The molecule has 2 N–H and O–H groups in total. The number of imide groups is 1. The standard InChI is InChI=1S/C16H18N2O2/c1-2-3-9-18-15(19)11-6-4-5-10-13(17)8-7-12(14(10)11)16(18)20/h4-6,8,12H,2-3,7,9,17H2,1H3. The molecule has 0 spiro atoms. The lowest BCUT2D eigenvalue weighted by molar-refractivity contribution is -0.130. The number of allylic oxidation sites excluding steroid dienone is 1. The molecule has 1 aliphatic carbocycles. The molecule has 0 aromatic heterocycles. The molecule has 0 bridgehead atoms. The topological polar surface area (TPSA) is 63.4 Å². The van der Waals surface area contributed by atoms with E-state index in [1.807, 2.05) is 18.2 Å². The number of carbonyl (C=O) groups excluding carboxylic acids is 2. The molecule has 0 radical (unpaired) electrons. The van der Waals surface area contributed by atoms with Gasteiger partial charge >= 0.3 is 0 Å². The third-order valence-electron chi connectivity index (χ3n) is 4.11. The van der Waals surface area contributed by atoms with Gasteiger partial charge < -0.3 is 5.73 Å². The summed E-state index contributed by atoms with van der Waals surface area (Å²) < 4.78 is 0. The smallest absolute Gasteiger partial charge is 0.260 e. The van der Waals surface area contributed by atoms with Crippen molar-refractivity contribution >= 4 is 17.5 Å². The molecule has 2 amide bonds. The Morgan fingerprint density at radius 1 is 1.30 bits per heavy atom. The molecule has 4 nitrogen and oxygen atoms in total. The molecule has 1 aromatic rings. The van der Waals surface area contributed by atoms with Gasteiger partial charge in [-0.05, 0) is 24.5 Å². The van der Waals surface area contributed by atoms with Crippen LogP contribution in [0.5, 0.6) is 0 Å². The fourth-order valence-electron chi connectivity index (χ4n) is 3.04. The van der Waals surface area contributed by atoms with Crippen LogP contribution in [0.2, 0.25) is 0 Å². The lowest BCUT2D eigenvalue weighted by Gasteiger charge is -2.35. The second-order valence-corrected chi connectivity index (χ2v) is 5.36. The van der Waals surface area contributed by atoms with Crippen LogP contribution in [0.4, 0.5) is 0 Å². The summed E-state index contributed by atoms with van der Waals surface area (Å²) in [6.07, 6.45) is 4.28. The third kappa shape index (κ3) is 1.75. The number of hydrogen-bond donors (Lipinski definition) is 1. The number of benzene rings is 1. The molecule has 4 heteroatoms. The summed E-state index contributed by atoms with van der Waals surface area (Å²) in [5.74, 6) is -0.499. The first-order valence-corrected chi connectivity index (χ1v) is 7.09. The van der Waals surface area contributed by atoms with Crippen molar-refractivity contribution in [2.24, 2.45) is 5.73 Å². The maximum atomic E-state index is 12.6. The summed E-state index contributed by atoms with van der Waals surface area (Å²) in [6.45, 7) is 2.56. The molecule has 1 atom stereocenters. The van der Waals surface area contributed by atoms with E-state index in [4.69, 9.17) is 5.73 Å². The van der Waals surface area contributed by atoms with Gasteiger partial charge in [-0.2, -0.15) is 0 Å². The van der Waals surface area contributed by atoms with E-state index in [1.54, 1.807) is 6.07 Å². The van der Waals surface area contributed by atoms with Crippen LogP contribution in [0.25, 0.3) is 5.70 Å². The van der Waals surface area contributed by atoms with E-state index in [2.05, 4.69) is 6.92 Å². The van der Waals surface area contributed by atoms with Gasteiger partial charge in [-0.3, -0.25) is 14.5 Å². The monoisotopic (exact) mass is 270 g/mol. The lowest BCUT2D eigenvalue weighted by Crippen LogP contribution is -2.46. The van der Waals surface area contributed by atoms with Crippen molar-refractivity contribution in [3.63, 3.8) is 0 Å². The third-order valence-corrected chi connectivity index (χ3v) is 4.11. The Balaban J connectivity index is 2.10. The Morgan fingerprint density at radius 2 is 2.05 bits per heavy atom. The van der Waals surface area contributed by atoms with Crippen molar-refractivity contribution in [3.05, 3.63) is 41.0 Å². The Kier molecular flexibility index (Phi) is 3.08. The molecule has 1 heterocycles. The van der Waals surface area contributed by atoms with Crippen LogP contribution < -0.4 is 5.73 Å². The van der Waals surface area contributed by atoms with Crippen LogP contribution in [0.1, 0.15) is 53.6 Å². The fraction of sp³-hybridized carbons (Fsp3) is 0.375. The quantitative estimate of drug-likeness (QED) is 0.857. The van der Waals surface area contributed by atoms with E-state index in [1.165, 1.54) is 4.90 Å². The molecular weight excluding hydrogens is 252 g/mol. The predicted octanol–water partition coefficient (Wildman–Crippen LogP) is 2.26. The Hall–Kier alpha value is -2.10. The highest BCUT2D eigenvalue weighted by atomic mass is 16.2. The maximum Gasteiger partial charge on any atom is 0.260 e. The highest BCUT2D eigenvalue weighted by Crippen LogP contribution is 2.39. The van der Waals surface area contributed by atoms with Gasteiger partial charge in [-0.1, -0.05) is 31.6 Å². The van der Waals surface area contributed by atoms with Crippen LogP contribution in [-0.4, -0.2) is 23.3 Å². The van der Waals surface area contributed by atoms with Crippen molar-refractivity contribution in [1.82, 2.24) is 4.90 Å². The zero-order chi connectivity index (χ0) is 14.3. The number of carbonyl (C=O) groups is 2. The van der Waals surface area contributed by atoms with E-state index in [0.717, 1.165) is 24.0 Å². The minimum atomic E-state index is -0.247. The molecule has 3 rings (SSSR count). The largest absolute Gasteiger partial charge is 0.398 e. The summed E-state index contributed by atoms with van der Waals surface area (Å²) in [7, 11) is 0.